The van der Waals surface area contributed by atoms with Gasteiger partial charge in [0.15, 0.2) is 0 Å². The van der Waals surface area contributed by atoms with E-state index in [-0.39, 0.29) is 30.5 Å². The van der Waals surface area contributed by atoms with Crippen LogP contribution < -0.4 is 0 Å². The van der Waals surface area contributed by atoms with Crippen LogP contribution in [0.1, 0.15) is 19.3 Å². The fourth-order valence-corrected chi connectivity index (χ4v) is 3.32. The highest BCUT2D eigenvalue weighted by atomic mass is 16.6. The molecule has 1 fully saturated rings. The first-order valence-electron chi connectivity index (χ1n) is 8.17. The van der Waals surface area contributed by atoms with Crippen LogP contribution in [0.25, 0.3) is 10.9 Å². The van der Waals surface area contributed by atoms with E-state index in [0.717, 1.165) is 10.9 Å². The van der Waals surface area contributed by atoms with Gasteiger partial charge in [0.05, 0.1) is 4.92 Å². The Morgan fingerprint density at radius 1 is 1.24 bits per heavy atom. The average molecular weight is 345 g/mol. The highest BCUT2D eigenvalue weighted by Gasteiger charge is 2.24. The lowest BCUT2D eigenvalue weighted by Gasteiger charge is -2.31. The minimum atomic E-state index is -0.794. The zero-order valence-corrected chi connectivity index (χ0v) is 13.6. The number of carboxylic acids is 1. The number of rotatable bonds is 5. The van der Waals surface area contributed by atoms with Gasteiger partial charge in [-0.1, -0.05) is 0 Å². The zero-order chi connectivity index (χ0) is 18.0. The number of nitro benzene ring substituents is 1. The lowest BCUT2D eigenvalue weighted by Crippen LogP contribution is -2.40. The fraction of sp³-hybridized carbons (Fsp3) is 0.412. The molecule has 1 aliphatic heterocycles. The molecular formula is C17H19N3O5. The number of hydrogen-bond donors (Lipinski definition) is 1. The molecule has 1 amide bonds. The van der Waals surface area contributed by atoms with Crippen LogP contribution in [0.3, 0.4) is 0 Å². The van der Waals surface area contributed by atoms with Gasteiger partial charge in [-0.3, -0.25) is 19.7 Å². The van der Waals surface area contributed by atoms with Crippen LogP contribution in [0.5, 0.6) is 0 Å². The first-order valence-corrected chi connectivity index (χ1v) is 8.17. The van der Waals surface area contributed by atoms with Crippen molar-refractivity contribution in [3.63, 3.8) is 0 Å². The fourth-order valence-electron chi connectivity index (χ4n) is 3.32. The Hall–Kier alpha value is -2.90. The molecular weight excluding hydrogens is 326 g/mol. The molecule has 3 rings (SSSR count). The van der Waals surface area contributed by atoms with E-state index < -0.39 is 10.9 Å². The number of benzene rings is 1. The van der Waals surface area contributed by atoms with Gasteiger partial charge in [0.1, 0.15) is 6.54 Å². The van der Waals surface area contributed by atoms with Crippen molar-refractivity contribution in [1.82, 2.24) is 9.47 Å². The number of amides is 1. The van der Waals surface area contributed by atoms with E-state index in [4.69, 9.17) is 5.11 Å². The number of fused-ring (bicyclic) bond motifs is 1. The number of likely N-dealkylation sites (tertiary alicyclic amines) is 1. The van der Waals surface area contributed by atoms with Crippen molar-refractivity contribution in [2.75, 3.05) is 13.1 Å². The Morgan fingerprint density at radius 3 is 2.60 bits per heavy atom. The van der Waals surface area contributed by atoms with Gasteiger partial charge in [-0.2, -0.15) is 0 Å². The monoisotopic (exact) mass is 345 g/mol. The van der Waals surface area contributed by atoms with Crippen molar-refractivity contribution >= 4 is 28.5 Å². The summed E-state index contributed by atoms with van der Waals surface area (Å²) in [6, 6.07) is 6.34. The minimum absolute atomic E-state index is 0.0235. The number of carbonyl (C=O) groups is 2. The van der Waals surface area contributed by atoms with E-state index in [9.17, 15) is 19.7 Å². The molecule has 0 aliphatic carbocycles. The van der Waals surface area contributed by atoms with Gasteiger partial charge < -0.3 is 14.6 Å². The van der Waals surface area contributed by atoms with Gasteiger partial charge in [-0.05, 0) is 30.9 Å². The van der Waals surface area contributed by atoms with Crippen LogP contribution in [0.2, 0.25) is 0 Å². The number of carbonyl (C=O) groups excluding carboxylic acids is 1. The number of aliphatic carboxylic acids is 1. The largest absolute Gasteiger partial charge is 0.481 e. The minimum Gasteiger partial charge on any atom is -0.481 e. The third-order valence-electron chi connectivity index (χ3n) is 4.70. The summed E-state index contributed by atoms with van der Waals surface area (Å²) in [4.78, 5) is 35.4. The van der Waals surface area contributed by atoms with Crippen molar-refractivity contribution in [1.29, 1.82) is 0 Å². The molecule has 132 valence electrons. The third kappa shape index (κ3) is 3.78. The van der Waals surface area contributed by atoms with Crippen molar-refractivity contribution in [2.45, 2.75) is 25.8 Å². The molecule has 8 heteroatoms. The predicted molar refractivity (Wildman–Crippen MR) is 90.1 cm³/mol. The summed E-state index contributed by atoms with van der Waals surface area (Å²) >= 11 is 0. The molecule has 0 bridgehead atoms. The van der Waals surface area contributed by atoms with Gasteiger partial charge in [0, 0.05) is 48.7 Å². The molecule has 1 N–H and O–H groups in total. The summed E-state index contributed by atoms with van der Waals surface area (Å²) in [5.41, 5.74) is 0.803. The Balaban J connectivity index is 1.65. The SMILES string of the molecule is O=C(O)CC1CCN(C(=O)Cn2ccc3cc([N+](=O)[O-])ccc32)CC1. The van der Waals surface area contributed by atoms with Gasteiger partial charge in [-0.15, -0.1) is 0 Å². The van der Waals surface area contributed by atoms with Crippen molar-refractivity contribution in [3.05, 3.63) is 40.6 Å². The lowest BCUT2D eigenvalue weighted by molar-refractivity contribution is -0.384. The molecule has 1 aromatic carbocycles. The summed E-state index contributed by atoms with van der Waals surface area (Å²) in [6.45, 7) is 1.31. The second-order valence-corrected chi connectivity index (χ2v) is 6.37. The van der Waals surface area contributed by atoms with Crippen molar-refractivity contribution in [3.8, 4) is 0 Å². The Bertz CT molecular complexity index is 821. The van der Waals surface area contributed by atoms with Crippen LogP contribution in [0, 0.1) is 16.0 Å². The van der Waals surface area contributed by atoms with Gasteiger partial charge in [-0.25, -0.2) is 0 Å². The molecule has 25 heavy (non-hydrogen) atoms. The van der Waals surface area contributed by atoms with E-state index >= 15 is 0 Å². The van der Waals surface area contributed by atoms with Gasteiger partial charge >= 0.3 is 5.97 Å². The Labute approximate surface area is 143 Å². The third-order valence-corrected chi connectivity index (χ3v) is 4.70. The predicted octanol–water partition coefficient (Wildman–Crippen LogP) is 2.26. The van der Waals surface area contributed by atoms with Crippen molar-refractivity contribution < 1.29 is 19.6 Å². The summed E-state index contributed by atoms with van der Waals surface area (Å²) in [7, 11) is 0. The van der Waals surface area contributed by atoms with E-state index in [1.165, 1.54) is 12.1 Å². The van der Waals surface area contributed by atoms with E-state index in [0.29, 0.717) is 25.9 Å². The van der Waals surface area contributed by atoms with Gasteiger partial charge in [0.25, 0.3) is 5.69 Å². The number of piperidine rings is 1. The highest BCUT2D eigenvalue weighted by Crippen LogP contribution is 2.23. The molecule has 8 nitrogen and oxygen atoms in total. The first kappa shape index (κ1) is 16.9. The van der Waals surface area contributed by atoms with Crippen LogP contribution in [-0.2, 0) is 16.1 Å². The number of aromatic nitrogens is 1. The van der Waals surface area contributed by atoms with Crippen LogP contribution in [0.15, 0.2) is 30.5 Å². The highest BCUT2D eigenvalue weighted by molar-refractivity contribution is 5.85. The smallest absolute Gasteiger partial charge is 0.303 e. The van der Waals surface area contributed by atoms with Gasteiger partial charge in [0.2, 0.25) is 5.91 Å². The summed E-state index contributed by atoms with van der Waals surface area (Å²) in [5, 5.41) is 20.4. The van der Waals surface area contributed by atoms with Crippen LogP contribution in [-0.4, -0.2) is 44.5 Å². The maximum absolute atomic E-state index is 12.5. The molecule has 2 aromatic rings. The maximum Gasteiger partial charge on any atom is 0.303 e. The number of non-ortho nitro benzene ring substituents is 1. The number of nitro groups is 1. The lowest BCUT2D eigenvalue weighted by atomic mass is 9.93. The molecule has 0 saturated carbocycles. The number of hydrogen-bond acceptors (Lipinski definition) is 4. The second kappa shape index (κ2) is 6.92. The Morgan fingerprint density at radius 2 is 1.96 bits per heavy atom. The molecule has 1 saturated heterocycles. The first-order chi connectivity index (χ1) is 11.9. The molecule has 0 atom stereocenters. The van der Waals surface area contributed by atoms with E-state index in [1.54, 1.807) is 27.8 Å². The quantitative estimate of drug-likeness (QED) is 0.661. The van der Waals surface area contributed by atoms with Crippen LogP contribution in [0.4, 0.5) is 5.69 Å². The van der Waals surface area contributed by atoms with E-state index in [2.05, 4.69) is 0 Å². The average Bonchev–Trinajstić information content (AvgIpc) is 2.97. The second-order valence-electron chi connectivity index (χ2n) is 6.37. The summed E-state index contributed by atoms with van der Waals surface area (Å²) in [5.74, 6) is -0.684. The molecule has 1 aliphatic rings. The standard InChI is InChI=1S/C17H19N3O5/c21-16(18-6-3-12(4-7-18)9-17(22)23)11-19-8-5-13-10-14(20(24)25)1-2-15(13)19/h1-2,5,8,10,12H,3-4,6-7,9,11H2,(H,22,23). The number of nitrogens with zero attached hydrogens (tertiary/aromatic N) is 3. The molecule has 0 radical (unpaired) electrons. The molecule has 0 unspecified atom stereocenters. The van der Waals surface area contributed by atoms with E-state index in [1.807, 2.05) is 0 Å². The maximum atomic E-state index is 12.5. The van der Waals surface area contributed by atoms with Crippen LogP contribution >= 0.6 is 0 Å². The van der Waals surface area contributed by atoms with Crippen molar-refractivity contribution in [2.24, 2.45) is 5.92 Å². The molecule has 1 aromatic heterocycles. The normalized spacial score (nSPS) is 15.4. The number of carboxylic acid groups (broad SMARTS) is 1. The Kier molecular flexibility index (Phi) is 4.69. The molecule has 2 heterocycles. The topological polar surface area (TPSA) is 106 Å². The summed E-state index contributed by atoms with van der Waals surface area (Å²) < 4.78 is 1.78. The molecule has 0 spiro atoms. The zero-order valence-electron chi connectivity index (χ0n) is 13.6. The summed E-state index contributed by atoms with van der Waals surface area (Å²) in [6.07, 6.45) is 3.32.